The molecule has 3 aliphatic carbocycles. The first-order valence-electron chi connectivity index (χ1n) is 12.1. The monoisotopic (exact) mass is 500 g/mol. The minimum absolute atomic E-state index is 0.0120. The molecule has 3 heterocycles. The number of urea groups is 1. The van der Waals surface area contributed by atoms with Crippen molar-refractivity contribution in [2.45, 2.75) is 74.7 Å². The van der Waals surface area contributed by atoms with Crippen molar-refractivity contribution in [3.05, 3.63) is 23.5 Å². The molecule has 0 atom stereocenters. The van der Waals surface area contributed by atoms with Gasteiger partial charge in [0.1, 0.15) is 17.3 Å². The summed E-state index contributed by atoms with van der Waals surface area (Å²) in [6, 6.07) is 1.93. The minimum atomic E-state index is -3.18. The first-order chi connectivity index (χ1) is 16.8. The fraction of sp³-hybridized carbons (Fsp3) is 0.545. The normalized spacial score (nSPS) is 26.1. The van der Waals surface area contributed by atoms with Gasteiger partial charge in [-0.3, -0.25) is 10.1 Å². The average molecular weight is 501 g/mol. The van der Waals surface area contributed by atoms with Gasteiger partial charge in [-0.15, -0.1) is 0 Å². The van der Waals surface area contributed by atoms with E-state index in [1.807, 2.05) is 6.07 Å². The summed E-state index contributed by atoms with van der Waals surface area (Å²) < 4.78 is 29.1. The number of nitrogens with zero attached hydrogens (tertiary/aromatic N) is 3. The lowest BCUT2D eigenvalue weighted by atomic mass is 9.92. The second-order valence-electron chi connectivity index (χ2n) is 9.80. The Balaban J connectivity index is 1.20. The third-order valence-corrected chi connectivity index (χ3v) is 8.83. The number of fused-ring (bicyclic) bond motifs is 1. The first kappa shape index (κ1) is 22.3. The van der Waals surface area contributed by atoms with Crippen molar-refractivity contribution in [1.29, 1.82) is 0 Å². The minimum Gasteiger partial charge on any atom is -0.367 e. The molecule has 0 bridgehead atoms. The van der Waals surface area contributed by atoms with Crippen LogP contribution < -0.4 is 26.0 Å². The summed E-state index contributed by atoms with van der Waals surface area (Å²) in [4.78, 5) is 28.2. The number of sulfonamides is 1. The Hall–Kier alpha value is -3.19. The van der Waals surface area contributed by atoms with Gasteiger partial charge in [0.15, 0.2) is 5.65 Å². The van der Waals surface area contributed by atoms with Gasteiger partial charge in [-0.05, 0) is 57.4 Å². The Morgan fingerprint density at radius 2 is 1.63 bits per heavy atom. The summed E-state index contributed by atoms with van der Waals surface area (Å²) in [5.74, 6) is 0.993. The SMILES string of the molecule is O=C1NC(=O)/C(=C/c2cnn3c(NC4CC4)cc(N[C@H]4CC[C@H](NS(=O)(=O)C5CC5)CC4)nc23)N1. The number of carbonyl (C=O) groups is 2. The van der Waals surface area contributed by atoms with E-state index >= 15 is 0 Å². The number of imide groups is 1. The van der Waals surface area contributed by atoms with E-state index in [0.717, 1.165) is 57.2 Å². The molecule has 3 amide bonds. The highest BCUT2D eigenvalue weighted by Crippen LogP contribution is 2.31. The van der Waals surface area contributed by atoms with Crippen LogP contribution >= 0.6 is 0 Å². The van der Waals surface area contributed by atoms with Gasteiger partial charge in [0.25, 0.3) is 5.91 Å². The van der Waals surface area contributed by atoms with Crippen molar-refractivity contribution in [2.75, 3.05) is 10.6 Å². The summed E-state index contributed by atoms with van der Waals surface area (Å²) >= 11 is 0. The van der Waals surface area contributed by atoms with Gasteiger partial charge in [-0.2, -0.15) is 9.61 Å². The van der Waals surface area contributed by atoms with Crippen LogP contribution in [0, 0.1) is 0 Å². The Morgan fingerprint density at radius 3 is 2.29 bits per heavy atom. The van der Waals surface area contributed by atoms with E-state index in [1.54, 1.807) is 16.8 Å². The summed E-state index contributed by atoms with van der Waals surface area (Å²) in [5.41, 5.74) is 1.32. The molecule has 186 valence electrons. The predicted molar refractivity (Wildman–Crippen MR) is 129 cm³/mol. The Kier molecular flexibility index (Phi) is 5.40. The first-order valence-corrected chi connectivity index (χ1v) is 13.7. The molecule has 0 aromatic carbocycles. The number of amides is 3. The van der Waals surface area contributed by atoms with E-state index in [1.165, 1.54) is 0 Å². The summed E-state index contributed by atoms with van der Waals surface area (Å²) in [6.45, 7) is 0. The molecule has 1 saturated heterocycles. The van der Waals surface area contributed by atoms with Crippen molar-refractivity contribution < 1.29 is 18.0 Å². The highest BCUT2D eigenvalue weighted by Gasteiger charge is 2.37. The molecule has 13 heteroatoms. The van der Waals surface area contributed by atoms with Gasteiger partial charge >= 0.3 is 6.03 Å². The Labute approximate surface area is 202 Å². The predicted octanol–water partition coefficient (Wildman–Crippen LogP) is 1.29. The topological polar surface area (TPSA) is 159 Å². The van der Waals surface area contributed by atoms with Gasteiger partial charge in [-0.25, -0.2) is 22.9 Å². The fourth-order valence-corrected chi connectivity index (χ4v) is 6.25. The third-order valence-electron chi connectivity index (χ3n) is 6.82. The third kappa shape index (κ3) is 4.82. The number of hydrogen-bond donors (Lipinski definition) is 5. The molecule has 3 saturated carbocycles. The van der Waals surface area contributed by atoms with Crippen LogP contribution in [0.1, 0.15) is 56.9 Å². The Bertz CT molecular complexity index is 1320. The lowest BCUT2D eigenvalue weighted by molar-refractivity contribution is -0.115. The molecule has 5 N–H and O–H groups in total. The van der Waals surface area contributed by atoms with E-state index in [9.17, 15) is 18.0 Å². The number of aromatic nitrogens is 3. The van der Waals surface area contributed by atoms with E-state index in [-0.39, 0.29) is 23.0 Å². The molecular weight excluding hydrogens is 472 g/mol. The van der Waals surface area contributed by atoms with Crippen LogP contribution in [0.4, 0.5) is 16.4 Å². The molecule has 6 rings (SSSR count). The summed E-state index contributed by atoms with van der Waals surface area (Å²) in [6.07, 6.45) is 10.1. The van der Waals surface area contributed by atoms with Crippen molar-refractivity contribution >= 4 is 45.3 Å². The fourth-order valence-electron chi connectivity index (χ4n) is 4.60. The number of rotatable bonds is 8. The molecule has 2 aromatic heterocycles. The maximum Gasteiger partial charge on any atom is 0.326 e. The number of anilines is 2. The molecular formula is C22H28N8O4S. The van der Waals surface area contributed by atoms with Crippen molar-refractivity contribution in [3.8, 4) is 0 Å². The highest BCUT2D eigenvalue weighted by atomic mass is 32.2. The smallest absolute Gasteiger partial charge is 0.326 e. The van der Waals surface area contributed by atoms with Crippen LogP contribution in [-0.2, 0) is 14.8 Å². The summed E-state index contributed by atoms with van der Waals surface area (Å²) in [5, 5.41) is 15.9. The number of carbonyl (C=O) groups excluding carboxylic acids is 2. The lowest BCUT2D eigenvalue weighted by Crippen LogP contribution is -2.41. The molecule has 4 fully saturated rings. The molecule has 0 radical (unpaired) electrons. The zero-order chi connectivity index (χ0) is 24.2. The molecule has 35 heavy (non-hydrogen) atoms. The molecule has 2 aromatic rings. The van der Waals surface area contributed by atoms with Crippen molar-refractivity contribution in [2.24, 2.45) is 0 Å². The van der Waals surface area contributed by atoms with Gasteiger partial charge < -0.3 is 16.0 Å². The second-order valence-corrected chi connectivity index (χ2v) is 11.8. The zero-order valence-corrected chi connectivity index (χ0v) is 19.9. The lowest BCUT2D eigenvalue weighted by Gasteiger charge is -2.30. The van der Waals surface area contributed by atoms with Crippen molar-refractivity contribution in [3.63, 3.8) is 0 Å². The van der Waals surface area contributed by atoms with Crippen LogP contribution in [0.25, 0.3) is 11.7 Å². The molecule has 1 aliphatic heterocycles. The molecule has 12 nitrogen and oxygen atoms in total. The second kappa shape index (κ2) is 8.48. The number of hydrogen-bond acceptors (Lipinski definition) is 8. The van der Waals surface area contributed by atoms with Crippen molar-refractivity contribution in [1.82, 2.24) is 30.0 Å². The van der Waals surface area contributed by atoms with Gasteiger partial charge in [0, 0.05) is 29.8 Å². The Morgan fingerprint density at radius 1 is 0.943 bits per heavy atom. The van der Waals surface area contributed by atoms with E-state index in [2.05, 4.69) is 31.1 Å². The maximum absolute atomic E-state index is 12.3. The van der Waals surface area contributed by atoms with Crippen LogP contribution in [0.15, 0.2) is 18.0 Å². The maximum atomic E-state index is 12.3. The van der Waals surface area contributed by atoms with E-state index in [0.29, 0.717) is 23.1 Å². The van der Waals surface area contributed by atoms with Gasteiger partial charge in [-0.1, -0.05) is 0 Å². The molecule has 0 unspecified atom stereocenters. The largest absolute Gasteiger partial charge is 0.367 e. The van der Waals surface area contributed by atoms with Crippen LogP contribution in [0.3, 0.4) is 0 Å². The van der Waals surface area contributed by atoms with Crippen LogP contribution in [0.5, 0.6) is 0 Å². The highest BCUT2D eigenvalue weighted by molar-refractivity contribution is 7.90. The zero-order valence-electron chi connectivity index (χ0n) is 19.1. The van der Waals surface area contributed by atoms with Gasteiger partial charge in [0.05, 0.1) is 11.4 Å². The molecule has 4 aliphatic rings. The summed E-state index contributed by atoms with van der Waals surface area (Å²) in [7, 11) is -3.18. The van der Waals surface area contributed by atoms with E-state index in [4.69, 9.17) is 4.98 Å². The molecule has 0 spiro atoms. The van der Waals surface area contributed by atoms with Crippen LogP contribution in [-0.4, -0.2) is 58.3 Å². The quantitative estimate of drug-likeness (QED) is 0.268. The van der Waals surface area contributed by atoms with Crippen LogP contribution in [0.2, 0.25) is 0 Å². The number of nitrogens with one attached hydrogen (secondary N) is 5. The van der Waals surface area contributed by atoms with E-state index < -0.39 is 22.0 Å². The standard InChI is InChI=1S/C22H28N8O4S/c31-21-17(26-22(32)28-21)9-12-11-23-30-19(25-14-1-2-14)10-18(27-20(12)30)24-13-3-5-15(6-4-13)29-35(33,34)16-7-8-16/h9-11,13-16,25,29H,1-8H2,(H,24,27)(H2,26,28,31,32)/b17-9-/t13-,15-. The average Bonchev–Trinajstić information content (AvgIpc) is 3.73. The van der Waals surface area contributed by atoms with Gasteiger partial charge in [0.2, 0.25) is 10.0 Å².